The molecule has 11 heteroatoms. The second kappa shape index (κ2) is 6.64. The number of aromatic nitrogens is 4. The number of hydrogen-bond acceptors (Lipinski definition) is 10. The van der Waals surface area contributed by atoms with Crippen molar-refractivity contribution in [2.24, 2.45) is 5.73 Å². The Kier molecular flexibility index (Phi) is 4.31. The number of nitriles is 1. The van der Waals surface area contributed by atoms with Crippen LogP contribution in [-0.4, -0.2) is 20.4 Å². The minimum atomic E-state index is -0.275. The van der Waals surface area contributed by atoms with Crippen LogP contribution in [0, 0.1) is 18.3 Å². The molecule has 8 nitrogen and oxygen atoms in total. The highest BCUT2D eigenvalue weighted by molar-refractivity contribution is 8.00. The minimum Gasteiger partial charge on any atom is -0.420 e. The van der Waals surface area contributed by atoms with Gasteiger partial charge < -0.3 is 16.2 Å². The number of thioether (sulfide) groups is 1. The third-order valence-corrected chi connectivity index (χ3v) is 6.88. The number of fused-ring (bicyclic) bond motifs is 1. The van der Waals surface area contributed by atoms with E-state index < -0.39 is 0 Å². The molecule has 0 saturated heterocycles. The normalized spacial score (nSPS) is 16.2. The molecule has 0 spiro atoms. The van der Waals surface area contributed by atoms with Gasteiger partial charge in [-0.3, -0.25) is 5.10 Å². The Balaban J connectivity index is 1.63. The van der Waals surface area contributed by atoms with Gasteiger partial charge in [-0.05, 0) is 23.9 Å². The van der Waals surface area contributed by atoms with Gasteiger partial charge in [0.1, 0.15) is 11.6 Å². The summed E-state index contributed by atoms with van der Waals surface area (Å²) in [6.07, 6.45) is 0. The average molecular weight is 404 g/mol. The molecule has 132 valence electrons. The highest BCUT2D eigenvalue weighted by Gasteiger charge is 2.35. The van der Waals surface area contributed by atoms with Gasteiger partial charge in [-0.15, -0.1) is 26.6 Å². The van der Waals surface area contributed by atoms with Crippen LogP contribution < -0.4 is 16.2 Å². The zero-order valence-electron chi connectivity index (χ0n) is 13.5. The van der Waals surface area contributed by atoms with Gasteiger partial charge in [-0.25, -0.2) is 0 Å². The first-order valence-corrected chi connectivity index (χ1v) is 10.2. The Morgan fingerprint density at radius 3 is 3.00 bits per heavy atom. The van der Waals surface area contributed by atoms with Crippen LogP contribution in [0.3, 0.4) is 0 Å². The van der Waals surface area contributed by atoms with Gasteiger partial charge in [0.15, 0.2) is 4.34 Å². The monoisotopic (exact) mass is 403 g/mol. The van der Waals surface area contributed by atoms with E-state index in [1.165, 1.54) is 11.3 Å². The van der Waals surface area contributed by atoms with E-state index in [0.717, 1.165) is 31.8 Å². The fraction of sp³-hybridized carbons (Fsp3) is 0.200. The Bertz CT molecular complexity index is 1040. The first-order chi connectivity index (χ1) is 12.6. The third kappa shape index (κ3) is 2.92. The highest BCUT2D eigenvalue weighted by Crippen LogP contribution is 2.44. The van der Waals surface area contributed by atoms with Crippen molar-refractivity contribution in [3.05, 3.63) is 44.6 Å². The summed E-state index contributed by atoms with van der Waals surface area (Å²) in [7, 11) is 0. The van der Waals surface area contributed by atoms with Gasteiger partial charge in [0, 0.05) is 16.3 Å². The number of nitrogens with two attached hydrogens (primary N) is 2. The summed E-state index contributed by atoms with van der Waals surface area (Å²) in [6.45, 7) is 1.91. The third-order valence-electron chi connectivity index (χ3n) is 3.87. The molecule has 0 aromatic carbocycles. The number of nitrogens with zero attached hydrogens (tertiary/aromatic N) is 4. The van der Waals surface area contributed by atoms with Crippen molar-refractivity contribution < 1.29 is 4.74 Å². The fourth-order valence-corrected chi connectivity index (χ4v) is 5.43. The van der Waals surface area contributed by atoms with Crippen LogP contribution in [-0.2, 0) is 5.75 Å². The lowest BCUT2D eigenvalue weighted by Gasteiger charge is -2.22. The van der Waals surface area contributed by atoms with E-state index in [9.17, 15) is 5.26 Å². The van der Waals surface area contributed by atoms with Crippen LogP contribution in [0.15, 0.2) is 27.2 Å². The highest BCUT2D eigenvalue weighted by atomic mass is 32.2. The summed E-state index contributed by atoms with van der Waals surface area (Å²) < 4.78 is 6.32. The Hall–Kier alpha value is -2.55. The van der Waals surface area contributed by atoms with Gasteiger partial charge in [-0.2, -0.15) is 5.26 Å². The Morgan fingerprint density at radius 2 is 2.27 bits per heavy atom. The smallest absolute Gasteiger partial charge is 0.244 e. The molecular formula is C15H13N7OS3. The van der Waals surface area contributed by atoms with Crippen LogP contribution in [0.1, 0.15) is 27.6 Å². The number of thiophene rings is 1. The molecule has 0 amide bonds. The fourth-order valence-electron chi connectivity index (χ4n) is 2.73. The molecule has 26 heavy (non-hydrogen) atoms. The van der Waals surface area contributed by atoms with Gasteiger partial charge in [-0.1, -0.05) is 23.1 Å². The van der Waals surface area contributed by atoms with Crippen LogP contribution >= 0.6 is 34.4 Å². The van der Waals surface area contributed by atoms with Crippen LogP contribution in [0.4, 0.5) is 5.13 Å². The van der Waals surface area contributed by atoms with Crippen molar-refractivity contribution in [1.82, 2.24) is 20.4 Å². The summed E-state index contributed by atoms with van der Waals surface area (Å²) in [5.74, 6) is 0.999. The van der Waals surface area contributed by atoms with E-state index in [1.807, 2.05) is 6.92 Å². The average Bonchev–Trinajstić information content (AvgIpc) is 3.33. The lowest BCUT2D eigenvalue weighted by molar-refractivity contribution is 0.379. The summed E-state index contributed by atoms with van der Waals surface area (Å²) in [6, 6.07) is 4.27. The number of rotatable bonds is 4. The SMILES string of the molecule is Cc1[nH]nc2c1[C@H](c1cc(CSc3nnc(N)s3)cs1)C(C#N)=C(N)O2. The first-order valence-electron chi connectivity index (χ1n) is 7.48. The topological polar surface area (TPSA) is 140 Å². The zero-order chi connectivity index (χ0) is 18.3. The van der Waals surface area contributed by atoms with E-state index in [1.54, 1.807) is 23.1 Å². The zero-order valence-corrected chi connectivity index (χ0v) is 16.0. The standard InChI is InChI=1S/C15H13N7OS3/c1-6-10-11(8(3-16)12(17)23-13(10)20-19-6)9-2-7(4-24-9)5-25-15-22-21-14(18)26-15/h2,4,11H,5,17H2,1H3,(H2,18,21)(H,19,20)/t11-/m0/s1. The van der Waals surface area contributed by atoms with Crippen LogP contribution in [0.5, 0.6) is 5.88 Å². The number of hydrogen-bond donors (Lipinski definition) is 3. The van der Waals surface area contributed by atoms with E-state index in [-0.39, 0.29) is 11.8 Å². The molecule has 0 aliphatic carbocycles. The molecule has 0 radical (unpaired) electrons. The predicted octanol–water partition coefficient (Wildman–Crippen LogP) is 2.72. The molecule has 5 N–H and O–H groups in total. The minimum absolute atomic E-state index is 0.102. The predicted molar refractivity (Wildman–Crippen MR) is 101 cm³/mol. The second-order valence-electron chi connectivity index (χ2n) is 5.54. The number of aryl methyl sites for hydroxylation is 1. The quantitative estimate of drug-likeness (QED) is 0.565. The number of nitrogen functional groups attached to an aromatic ring is 1. The van der Waals surface area contributed by atoms with Crippen molar-refractivity contribution in [3.63, 3.8) is 0 Å². The molecule has 4 rings (SSSR count). The summed E-state index contributed by atoms with van der Waals surface area (Å²) in [4.78, 5) is 1.02. The molecule has 0 fully saturated rings. The van der Waals surface area contributed by atoms with Gasteiger partial charge >= 0.3 is 0 Å². The maximum atomic E-state index is 9.58. The Morgan fingerprint density at radius 1 is 1.42 bits per heavy atom. The molecule has 0 saturated carbocycles. The van der Waals surface area contributed by atoms with Crippen molar-refractivity contribution in [3.8, 4) is 11.9 Å². The van der Waals surface area contributed by atoms with Crippen molar-refractivity contribution >= 4 is 39.6 Å². The molecular weight excluding hydrogens is 390 g/mol. The van der Waals surface area contributed by atoms with Gasteiger partial charge in [0.05, 0.1) is 11.5 Å². The number of anilines is 1. The molecule has 0 unspecified atom stereocenters. The van der Waals surface area contributed by atoms with Gasteiger partial charge in [0.2, 0.25) is 16.9 Å². The lowest BCUT2D eigenvalue weighted by Crippen LogP contribution is -2.20. The maximum Gasteiger partial charge on any atom is 0.244 e. The van der Waals surface area contributed by atoms with Crippen molar-refractivity contribution in [2.45, 2.75) is 22.9 Å². The molecule has 3 aromatic heterocycles. The number of aromatic amines is 1. The molecule has 1 atom stereocenters. The van der Waals surface area contributed by atoms with E-state index in [4.69, 9.17) is 16.2 Å². The summed E-state index contributed by atoms with van der Waals surface area (Å²) >= 11 is 4.53. The largest absolute Gasteiger partial charge is 0.420 e. The molecule has 3 aromatic rings. The number of nitrogens with one attached hydrogen (secondary N) is 1. The van der Waals surface area contributed by atoms with E-state index in [0.29, 0.717) is 16.6 Å². The summed E-state index contributed by atoms with van der Waals surface area (Å²) in [5, 5.41) is 27.0. The van der Waals surface area contributed by atoms with E-state index in [2.05, 4.69) is 37.9 Å². The summed E-state index contributed by atoms with van der Waals surface area (Å²) in [5.41, 5.74) is 14.8. The van der Waals surface area contributed by atoms with E-state index >= 15 is 0 Å². The van der Waals surface area contributed by atoms with Gasteiger partial charge in [0.25, 0.3) is 0 Å². The number of ether oxygens (including phenoxy) is 1. The maximum absolute atomic E-state index is 9.58. The first kappa shape index (κ1) is 16.9. The van der Waals surface area contributed by atoms with Crippen LogP contribution in [0.2, 0.25) is 0 Å². The molecule has 4 heterocycles. The number of allylic oxidation sites excluding steroid dienone is 1. The van der Waals surface area contributed by atoms with Crippen molar-refractivity contribution in [2.75, 3.05) is 5.73 Å². The lowest BCUT2D eigenvalue weighted by atomic mass is 9.89. The molecule has 1 aliphatic rings. The molecule has 0 bridgehead atoms. The van der Waals surface area contributed by atoms with Crippen LogP contribution in [0.25, 0.3) is 0 Å². The van der Waals surface area contributed by atoms with Crippen molar-refractivity contribution in [1.29, 1.82) is 5.26 Å². The Labute approximate surface area is 160 Å². The molecule has 1 aliphatic heterocycles. The second-order valence-corrected chi connectivity index (χ2v) is 8.72. The number of H-pyrrole nitrogens is 1.